The van der Waals surface area contributed by atoms with Crippen LogP contribution in [0, 0.1) is 0 Å². The van der Waals surface area contributed by atoms with Crippen LogP contribution in [0.1, 0.15) is 39.5 Å². The SMILES string of the molecule is CCCCC[C@@H](NS(=O)(=O)C(F)(F)F)[C@@H](O)C(=O)OCC. The number of esters is 1. The van der Waals surface area contributed by atoms with Crippen LogP contribution in [0.2, 0.25) is 0 Å². The molecule has 0 aliphatic rings. The van der Waals surface area contributed by atoms with Gasteiger partial charge in [0, 0.05) is 0 Å². The third-order valence-corrected chi connectivity index (χ3v) is 3.86. The highest BCUT2D eigenvalue weighted by atomic mass is 32.2. The van der Waals surface area contributed by atoms with Gasteiger partial charge >= 0.3 is 21.5 Å². The largest absolute Gasteiger partial charge is 0.511 e. The minimum atomic E-state index is -5.65. The van der Waals surface area contributed by atoms with Gasteiger partial charge in [-0.2, -0.15) is 13.2 Å². The lowest BCUT2D eigenvalue weighted by Crippen LogP contribution is -2.50. The van der Waals surface area contributed by atoms with Gasteiger partial charge in [-0.25, -0.2) is 17.9 Å². The first-order valence-electron chi connectivity index (χ1n) is 6.50. The number of alkyl halides is 3. The Morgan fingerprint density at radius 1 is 1.29 bits per heavy atom. The van der Waals surface area contributed by atoms with Gasteiger partial charge in [0.1, 0.15) is 0 Å². The van der Waals surface area contributed by atoms with Crippen molar-refractivity contribution in [3.8, 4) is 0 Å². The van der Waals surface area contributed by atoms with Crippen molar-refractivity contribution in [2.45, 2.75) is 57.2 Å². The molecule has 0 aromatic heterocycles. The van der Waals surface area contributed by atoms with Crippen molar-refractivity contribution < 1.29 is 36.2 Å². The minimum absolute atomic E-state index is 0.0798. The van der Waals surface area contributed by atoms with Crippen molar-refractivity contribution >= 4 is 16.0 Å². The van der Waals surface area contributed by atoms with Gasteiger partial charge in [-0.3, -0.25) is 0 Å². The first-order chi connectivity index (χ1) is 9.56. The number of rotatable bonds is 9. The van der Waals surface area contributed by atoms with Crippen LogP contribution in [0.3, 0.4) is 0 Å². The van der Waals surface area contributed by atoms with Crippen LogP contribution in [0.25, 0.3) is 0 Å². The number of halogens is 3. The molecule has 0 unspecified atom stereocenters. The Bertz CT molecular complexity index is 424. The van der Waals surface area contributed by atoms with Gasteiger partial charge < -0.3 is 9.84 Å². The maximum Gasteiger partial charge on any atom is 0.511 e. The quantitative estimate of drug-likeness (QED) is 0.489. The van der Waals surface area contributed by atoms with Crippen LogP contribution >= 0.6 is 0 Å². The van der Waals surface area contributed by atoms with Crippen LogP contribution in [-0.2, 0) is 19.6 Å². The summed E-state index contributed by atoms with van der Waals surface area (Å²) in [6.07, 6.45) is -0.367. The fourth-order valence-corrected chi connectivity index (χ4v) is 2.33. The van der Waals surface area contributed by atoms with E-state index >= 15 is 0 Å². The lowest BCUT2D eigenvalue weighted by molar-refractivity contribution is -0.154. The smallest absolute Gasteiger partial charge is 0.464 e. The molecular weight excluding hydrogens is 315 g/mol. The van der Waals surface area contributed by atoms with E-state index in [0.717, 1.165) is 6.42 Å². The lowest BCUT2D eigenvalue weighted by Gasteiger charge is -2.23. The predicted octanol–water partition coefficient (Wildman–Crippen LogP) is 1.30. The van der Waals surface area contributed by atoms with Gasteiger partial charge in [-0.05, 0) is 13.3 Å². The van der Waals surface area contributed by atoms with Crippen molar-refractivity contribution in [2.75, 3.05) is 6.61 Å². The molecule has 0 heterocycles. The molecule has 0 aromatic carbocycles. The molecule has 2 atom stereocenters. The standard InChI is InChI=1S/C11H20F3NO5S/c1-3-5-6-7-8(9(16)10(17)20-4-2)15-21(18,19)11(12,13)14/h8-9,15-16H,3-7H2,1-2H3/t8-,9-/m1/s1. The summed E-state index contributed by atoms with van der Waals surface area (Å²) < 4.78 is 65.0. The first-order valence-corrected chi connectivity index (χ1v) is 7.98. The lowest BCUT2D eigenvalue weighted by atomic mass is 10.0. The Kier molecular flexibility index (Phi) is 8.19. The number of aliphatic hydroxyl groups is 1. The van der Waals surface area contributed by atoms with Gasteiger partial charge in [-0.15, -0.1) is 0 Å². The maximum absolute atomic E-state index is 12.3. The van der Waals surface area contributed by atoms with E-state index in [2.05, 4.69) is 4.74 Å². The summed E-state index contributed by atoms with van der Waals surface area (Å²) >= 11 is 0. The normalized spacial score (nSPS) is 15.5. The summed E-state index contributed by atoms with van der Waals surface area (Å²) in [7, 11) is -5.65. The third-order valence-electron chi connectivity index (χ3n) is 2.64. The molecule has 10 heteroatoms. The molecule has 2 N–H and O–H groups in total. The first kappa shape index (κ1) is 20.1. The average Bonchev–Trinajstić information content (AvgIpc) is 2.35. The summed E-state index contributed by atoms with van der Waals surface area (Å²) in [6.45, 7) is 3.22. The second-order valence-electron chi connectivity index (χ2n) is 4.37. The van der Waals surface area contributed by atoms with E-state index < -0.39 is 33.6 Å². The summed E-state index contributed by atoms with van der Waals surface area (Å²) in [4.78, 5) is 11.4. The van der Waals surface area contributed by atoms with Gasteiger partial charge in [0.2, 0.25) is 0 Å². The molecule has 0 aromatic rings. The van der Waals surface area contributed by atoms with E-state index in [1.54, 1.807) is 0 Å². The van der Waals surface area contributed by atoms with Gasteiger partial charge in [0.05, 0.1) is 12.6 Å². The zero-order valence-corrected chi connectivity index (χ0v) is 12.6. The van der Waals surface area contributed by atoms with Crippen LogP contribution in [0.4, 0.5) is 13.2 Å². The number of hydrogen-bond acceptors (Lipinski definition) is 5. The van der Waals surface area contributed by atoms with Gasteiger partial charge in [0.25, 0.3) is 0 Å². The number of aliphatic hydroxyl groups excluding tert-OH is 1. The van der Waals surface area contributed by atoms with Crippen LogP contribution < -0.4 is 4.72 Å². The fraction of sp³-hybridized carbons (Fsp3) is 0.909. The van der Waals surface area contributed by atoms with Crippen molar-refractivity contribution in [1.29, 1.82) is 0 Å². The number of sulfonamides is 1. The molecule has 0 saturated heterocycles. The summed E-state index contributed by atoms with van der Waals surface area (Å²) in [5.74, 6) is -1.16. The monoisotopic (exact) mass is 335 g/mol. The van der Waals surface area contributed by atoms with Crippen molar-refractivity contribution in [2.24, 2.45) is 0 Å². The second kappa shape index (κ2) is 8.54. The molecule has 126 valence electrons. The maximum atomic E-state index is 12.3. The molecule has 6 nitrogen and oxygen atoms in total. The fourth-order valence-electron chi connectivity index (χ4n) is 1.55. The van der Waals surface area contributed by atoms with E-state index in [1.165, 1.54) is 11.6 Å². The average molecular weight is 335 g/mol. The number of carbonyl (C=O) groups is 1. The van der Waals surface area contributed by atoms with Crippen LogP contribution in [-0.4, -0.2) is 43.8 Å². The number of carbonyl (C=O) groups excluding carboxylic acids is 1. The zero-order valence-electron chi connectivity index (χ0n) is 11.8. The summed E-state index contributed by atoms with van der Waals surface area (Å²) in [6, 6.07) is -1.58. The molecule has 0 aliphatic heterocycles. The minimum Gasteiger partial charge on any atom is -0.464 e. The molecule has 0 bridgehead atoms. The molecule has 0 aliphatic carbocycles. The predicted molar refractivity (Wildman–Crippen MR) is 68.7 cm³/mol. The van der Waals surface area contributed by atoms with E-state index in [0.29, 0.717) is 12.8 Å². The van der Waals surface area contributed by atoms with E-state index in [-0.39, 0.29) is 13.0 Å². The third kappa shape index (κ3) is 6.62. The highest BCUT2D eigenvalue weighted by Crippen LogP contribution is 2.23. The number of nitrogens with one attached hydrogen (secondary N) is 1. The van der Waals surface area contributed by atoms with E-state index in [9.17, 15) is 31.5 Å². The van der Waals surface area contributed by atoms with E-state index in [4.69, 9.17) is 0 Å². The second-order valence-corrected chi connectivity index (χ2v) is 6.07. The Labute approximate surface area is 121 Å². The van der Waals surface area contributed by atoms with Crippen LogP contribution in [0.15, 0.2) is 0 Å². The zero-order chi connectivity index (χ0) is 16.7. The molecule has 0 amide bonds. The molecule has 0 saturated carbocycles. The molecule has 0 radical (unpaired) electrons. The highest BCUT2D eigenvalue weighted by Gasteiger charge is 2.48. The molecule has 0 fully saturated rings. The van der Waals surface area contributed by atoms with Gasteiger partial charge in [-0.1, -0.05) is 26.2 Å². The Morgan fingerprint density at radius 2 is 1.86 bits per heavy atom. The van der Waals surface area contributed by atoms with E-state index in [1.807, 2.05) is 6.92 Å². The molecule has 21 heavy (non-hydrogen) atoms. The van der Waals surface area contributed by atoms with Gasteiger partial charge in [0.15, 0.2) is 6.10 Å². The number of unbranched alkanes of at least 4 members (excludes halogenated alkanes) is 2. The number of hydrogen-bond donors (Lipinski definition) is 2. The summed E-state index contributed by atoms with van der Waals surface area (Å²) in [5, 5.41) is 9.67. The van der Waals surface area contributed by atoms with Crippen molar-refractivity contribution in [3.63, 3.8) is 0 Å². The van der Waals surface area contributed by atoms with Crippen molar-refractivity contribution in [3.05, 3.63) is 0 Å². The topological polar surface area (TPSA) is 92.7 Å². The van der Waals surface area contributed by atoms with Crippen LogP contribution in [0.5, 0.6) is 0 Å². The van der Waals surface area contributed by atoms with Crippen molar-refractivity contribution in [1.82, 2.24) is 4.72 Å². The Morgan fingerprint density at radius 3 is 2.29 bits per heavy atom. The Hall–Kier alpha value is -0.870. The molecule has 0 rings (SSSR count). The summed E-state index contributed by atoms with van der Waals surface area (Å²) in [5.41, 5.74) is -5.51. The number of ether oxygens (including phenoxy) is 1. The highest BCUT2D eigenvalue weighted by molar-refractivity contribution is 7.90. The molecular formula is C11H20F3NO5S. The Balaban J connectivity index is 5.02. The molecule has 0 spiro atoms.